The van der Waals surface area contributed by atoms with Gasteiger partial charge < -0.3 is 15.0 Å². The highest BCUT2D eigenvalue weighted by Gasteiger charge is 2.26. The van der Waals surface area contributed by atoms with Crippen molar-refractivity contribution in [1.29, 1.82) is 0 Å². The van der Waals surface area contributed by atoms with Crippen LogP contribution in [0.2, 0.25) is 0 Å². The van der Waals surface area contributed by atoms with Crippen molar-refractivity contribution in [2.45, 2.75) is 50.6 Å². The molecule has 0 aromatic rings. The van der Waals surface area contributed by atoms with E-state index in [4.69, 9.17) is 4.74 Å². The Morgan fingerprint density at radius 3 is 2.82 bits per heavy atom. The molecule has 0 aromatic heterocycles. The molecule has 3 unspecified atom stereocenters. The first-order valence-electron chi connectivity index (χ1n) is 7.25. The molecule has 1 aliphatic carbocycles. The minimum atomic E-state index is 0.735. The van der Waals surface area contributed by atoms with E-state index < -0.39 is 0 Å². The largest absolute Gasteiger partial charge is 0.381 e. The molecule has 1 saturated carbocycles. The van der Waals surface area contributed by atoms with Crippen LogP contribution in [0.4, 0.5) is 0 Å². The molecule has 3 nitrogen and oxygen atoms in total. The molecule has 1 heterocycles. The fraction of sp³-hybridized carbons (Fsp3) is 1.00. The van der Waals surface area contributed by atoms with E-state index in [1.54, 1.807) is 0 Å². The summed E-state index contributed by atoms with van der Waals surface area (Å²) in [4.78, 5) is 2.59. The molecule has 1 saturated heterocycles. The fourth-order valence-corrected chi connectivity index (χ4v) is 3.33. The molecule has 100 valence electrons. The van der Waals surface area contributed by atoms with Crippen molar-refractivity contribution in [2.75, 3.05) is 33.9 Å². The summed E-state index contributed by atoms with van der Waals surface area (Å²) in [6.45, 7) is 3.18. The zero-order valence-corrected chi connectivity index (χ0v) is 11.5. The lowest BCUT2D eigenvalue weighted by atomic mass is 9.89. The van der Waals surface area contributed by atoms with Crippen LogP contribution in [0.1, 0.15) is 38.5 Å². The Morgan fingerprint density at radius 1 is 1.24 bits per heavy atom. The van der Waals surface area contributed by atoms with Gasteiger partial charge in [0.2, 0.25) is 0 Å². The van der Waals surface area contributed by atoms with E-state index in [2.05, 4.69) is 24.3 Å². The van der Waals surface area contributed by atoms with Crippen molar-refractivity contribution < 1.29 is 4.74 Å². The van der Waals surface area contributed by atoms with Crippen molar-refractivity contribution >= 4 is 0 Å². The van der Waals surface area contributed by atoms with Crippen molar-refractivity contribution in [2.24, 2.45) is 5.92 Å². The lowest BCUT2D eigenvalue weighted by molar-refractivity contribution is 0.0319. The molecule has 0 bridgehead atoms. The van der Waals surface area contributed by atoms with Crippen LogP contribution in [-0.4, -0.2) is 50.8 Å². The highest BCUT2D eigenvalue weighted by Crippen LogP contribution is 2.24. The van der Waals surface area contributed by atoms with Gasteiger partial charge in [0.1, 0.15) is 0 Å². The van der Waals surface area contributed by atoms with Crippen molar-refractivity contribution in [1.82, 2.24) is 10.2 Å². The molecule has 3 atom stereocenters. The Balaban J connectivity index is 1.75. The third kappa shape index (κ3) is 3.94. The summed E-state index contributed by atoms with van der Waals surface area (Å²) >= 11 is 0. The minimum absolute atomic E-state index is 0.735. The van der Waals surface area contributed by atoms with Gasteiger partial charge in [-0.2, -0.15) is 0 Å². The summed E-state index contributed by atoms with van der Waals surface area (Å²) in [7, 11) is 4.40. The number of hydrogen-bond donors (Lipinski definition) is 1. The summed E-state index contributed by atoms with van der Waals surface area (Å²) in [5.41, 5.74) is 0. The van der Waals surface area contributed by atoms with Crippen molar-refractivity contribution in [3.63, 3.8) is 0 Å². The zero-order valence-electron chi connectivity index (χ0n) is 11.5. The van der Waals surface area contributed by atoms with Crippen LogP contribution in [0.15, 0.2) is 0 Å². The van der Waals surface area contributed by atoms with Crippen molar-refractivity contribution in [3.05, 3.63) is 0 Å². The SMILES string of the molecule is CNC1CCCC(N(C)CC2CCCOC2)C1. The quantitative estimate of drug-likeness (QED) is 0.812. The molecule has 1 aliphatic heterocycles. The van der Waals surface area contributed by atoms with Crippen LogP contribution in [0.3, 0.4) is 0 Å². The third-order valence-electron chi connectivity index (χ3n) is 4.48. The topological polar surface area (TPSA) is 24.5 Å². The molecular weight excluding hydrogens is 212 g/mol. The van der Waals surface area contributed by atoms with Crippen LogP contribution >= 0.6 is 0 Å². The summed E-state index contributed by atoms with van der Waals surface area (Å²) in [5.74, 6) is 0.767. The predicted octanol–water partition coefficient (Wildman–Crippen LogP) is 1.88. The van der Waals surface area contributed by atoms with Gasteiger partial charge in [-0.15, -0.1) is 0 Å². The lowest BCUT2D eigenvalue weighted by Crippen LogP contribution is -2.44. The van der Waals surface area contributed by atoms with Gasteiger partial charge in [0.05, 0.1) is 6.61 Å². The predicted molar refractivity (Wildman–Crippen MR) is 71.3 cm³/mol. The second-order valence-corrected chi connectivity index (χ2v) is 5.83. The van der Waals surface area contributed by atoms with Gasteiger partial charge >= 0.3 is 0 Å². The summed E-state index contributed by atoms with van der Waals surface area (Å²) < 4.78 is 5.57. The normalized spacial score (nSPS) is 35.1. The van der Waals surface area contributed by atoms with E-state index in [1.807, 2.05) is 0 Å². The average molecular weight is 240 g/mol. The maximum atomic E-state index is 5.57. The van der Waals surface area contributed by atoms with E-state index in [0.717, 1.165) is 31.2 Å². The molecule has 2 rings (SSSR count). The van der Waals surface area contributed by atoms with Crippen LogP contribution in [-0.2, 0) is 4.74 Å². The fourth-order valence-electron chi connectivity index (χ4n) is 3.33. The third-order valence-corrected chi connectivity index (χ3v) is 4.48. The molecule has 0 aromatic carbocycles. The number of nitrogens with one attached hydrogen (secondary N) is 1. The molecule has 17 heavy (non-hydrogen) atoms. The van der Waals surface area contributed by atoms with E-state index in [9.17, 15) is 0 Å². The van der Waals surface area contributed by atoms with E-state index in [1.165, 1.54) is 45.1 Å². The number of nitrogens with zero attached hydrogens (tertiary/aromatic N) is 1. The van der Waals surface area contributed by atoms with Gasteiger partial charge in [-0.1, -0.05) is 6.42 Å². The molecule has 1 N–H and O–H groups in total. The molecule has 3 heteroatoms. The Bertz CT molecular complexity index is 216. The van der Waals surface area contributed by atoms with Gasteiger partial charge in [0.25, 0.3) is 0 Å². The van der Waals surface area contributed by atoms with E-state index >= 15 is 0 Å². The van der Waals surface area contributed by atoms with Crippen molar-refractivity contribution in [3.8, 4) is 0 Å². The monoisotopic (exact) mass is 240 g/mol. The molecule has 0 spiro atoms. The molecule has 2 aliphatic rings. The lowest BCUT2D eigenvalue weighted by Gasteiger charge is -2.37. The average Bonchev–Trinajstić information content (AvgIpc) is 2.40. The molecular formula is C14H28N2O. The van der Waals surface area contributed by atoms with Gasteiger partial charge in [-0.05, 0) is 52.1 Å². The summed E-state index contributed by atoms with van der Waals surface area (Å²) in [6.07, 6.45) is 8.03. The van der Waals surface area contributed by atoms with Crippen LogP contribution in [0.5, 0.6) is 0 Å². The van der Waals surface area contributed by atoms with E-state index in [0.29, 0.717) is 0 Å². The van der Waals surface area contributed by atoms with Gasteiger partial charge in [0.15, 0.2) is 0 Å². The first-order valence-corrected chi connectivity index (χ1v) is 7.25. The smallest absolute Gasteiger partial charge is 0.0506 e. The number of rotatable bonds is 4. The highest BCUT2D eigenvalue weighted by atomic mass is 16.5. The maximum absolute atomic E-state index is 5.57. The second kappa shape index (κ2) is 6.72. The summed E-state index contributed by atoms with van der Waals surface area (Å²) in [6, 6.07) is 1.52. The summed E-state index contributed by atoms with van der Waals surface area (Å²) in [5, 5.41) is 3.44. The molecule has 0 amide bonds. The second-order valence-electron chi connectivity index (χ2n) is 5.83. The Hall–Kier alpha value is -0.120. The highest BCUT2D eigenvalue weighted by molar-refractivity contribution is 4.83. The zero-order chi connectivity index (χ0) is 12.1. The Morgan fingerprint density at radius 2 is 2.12 bits per heavy atom. The van der Waals surface area contributed by atoms with E-state index in [-0.39, 0.29) is 0 Å². The Labute approximate surface area is 106 Å². The molecule has 2 fully saturated rings. The standard InChI is InChI=1S/C14H28N2O/c1-15-13-6-3-7-14(9-13)16(2)10-12-5-4-8-17-11-12/h12-15H,3-11H2,1-2H3. The maximum Gasteiger partial charge on any atom is 0.0506 e. The Kier molecular flexibility index (Phi) is 5.26. The first kappa shape index (κ1) is 13.3. The minimum Gasteiger partial charge on any atom is -0.381 e. The van der Waals surface area contributed by atoms with Crippen LogP contribution in [0, 0.1) is 5.92 Å². The van der Waals surface area contributed by atoms with Gasteiger partial charge in [-0.3, -0.25) is 0 Å². The van der Waals surface area contributed by atoms with Gasteiger partial charge in [-0.25, -0.2) is 0 Å². The van der Waals surface area contributed by atoms with Crippen LogP contribution < -0.4 is 5.32 Å². The van der Waals surface area contributed by atoms with Crippen LogP contribution in [0.25, 0.3) is 0 Å². The number of ether oxygens (including phenoxy) is 1. The molecule has 0 radical (unpaired) electrons. The number of hydrogen-bond acceptors (Lipinski definition) is 3. The van der Waals surface area contributed by atoms with Gasteiger partial charge in [0, 0.05) is 25.2 Å². The first-order chi connectivity index (χ1) is 8.29.